The van der Waals surface area contributed by atoms with Crippen LogP contribution in [0.4, 0.5) is 0 Å². The first-order valence-electron chi connectivity index (χ1n) is 9.65. The lowest BCUT2D eigenvalue weighted by molar-refractivity contribution is 0.00578. The van der Waals surface area contributed by atoms with Crippen LogP contribution in [0.1, 0.15) is 86.0 Å². The number of unbranched alkanes of at least 4 members (excludes halogenated alkanes) is 2. The average Bonchev–Trinajstić information content (AvgIpc) is 2.74. The molecule has 1 saturated heterocycles. The summed E-state index contributed by atoms with van der Waals surface area (Å²) in [7, 11) is -0.198. The van der Waals surface area contributed by atoms with Gasteiger partial charge in [0, 0.05) is 0 Å². The second-order valence-corrected chi connectivity index (χ2v) is 8.32. The molecular weight excluding hydrogens is 299 g/mol. The average molecular weight is 334 g/mol. The molecule has 0 aromatic heterocycles. The highest BCUT2D eigenvalue weighted by atomic mass is 16.7. The first-order valence-corrected chi connectivity index (χ1v) is 9.65. The van der Waals surface area contributed by atoms with Crippen LogP contribution in [0.25, 0.3) is 0 Å². The van der Waals surface area contributed by atoms with Crippen molar-refractivity contribution >= 4 is 7.12 Å². The third-order valence-electron chi connectivity index (χ3n) is 5.74. The first-order chi connectivity index (χ1) is 11.2. The van der Waals surface area contributed by atoms with Crippen LogP contribution in [0.15, 0.2) is 23.2 Å². The van der Waals surface area contributed by atoms with Gasteiger partial charge >= 0.3 is 7.12 Å². The lowest BCUT2D eigenvalue weighted by Crippen LogP contribution is -2.41. The topological polar surface area (TPSA) is 38.7 Å². The largest absolute Gasteiger partial charge is 0.490 e. The van der Waals surface area contributed by atoms with Gasteiger partial charge in [-0.3, -0.25) is 0 Å². The predicted octanol–water partition coefficient (Wildman–Crippen LogP) is 4.99. The summed E-state index contributed by atoms with van der Waals surface area (Å²) in [6.07, 6.45) is 12.6. The Labute approximate surface area is 148 Å². The fraction of sp³-hybridized carbons (Fsp3) is 0.800. The monoisotopic (exact) mass is 334 g/mol. The predicted molar refractivity (Wildman–Crippen MR) is 101 cm³/mol. The molecule has 0 saturated carbocycles. The van der Waals surface area contributed by atoms with Crippen molar-refractivity contribution in [3.63, 3.8) is 0 Å². The van der Waals surface area contributed by atoms with Crippen LogP contribution in [0.2, 0.25) is 0 Å². The van der Waals surface area contributed by atoms with E-state index in [2.05, 4.69) is 46.8 Å². The van der Waals surface area contributed by atoms with E-state index in [1.54, 1.807) is 0 Å². The van der Waals surface area contributed by atoms with Crippen molar-refractivity contribution in [2.24, 2.45) is 0 Å². The summed E-state index contributed by atoms with van der Waals surface area (Å²) in [6, 6.07) is 0. The van der Waals surface area contributed by atoms with E-state index in [9.17, 15) is 5.11 Å². The lowest BCUT2D eigenvalue weighted by atomic mass is 9.71. The fourth-order valence-electron chi connectivity index (χ4n) is 3.22. The smallest absolute Gasteiger partial charge is 0.400 e. The summed E-state index contributed by atoms with van der Waals surface area (Å²) in [4.78, 5) is 0. The highest BCUT2D eigenvalue weighted by Gasteiger charge is 2.52. The van der Waals surface area contributed by atoms with Gasteiger partial charge in [0.2, 0.25) is 0 Å². The Morgan fingerprint density at radius 3 is 2.38 bits per heavy atom. The van der Waals surface area contributed by atoms with Crippen LogP contribution in [0, 0.1) is 0 Å². The molecule has 1 aliphatic carbocycles. The molecule has 1 heterocycles. The van der Waals surface area contributed by atoms with Crippen molar-refractivity contribution in [3.8, 4) is 0 Å². The van der Waals surface area contributed by atoms with E-state index in [1.807, 2.05) is 0 Å². The Balaban J connectivity index is 1.83. The van der Waals surface area contributed by atoms with Crippen molar-refractivity contribution in [1.29, 1.82) is 0 Å². The maximum atomic E-state index is 10.0. The summed E-state index contributed by atoms with van der Waals surface area (Å²) in [5, 5.41) is 10.0. The Bertz CT molecular complexity index is 463. The maximum absolute atomic E-state index is 10.0. The molecule has 1 unspecified atom stereocenters. The zero-order valence-electron chi connectivity index (χ0n) is 16.2. The van der Waals surface area contributed by atoms with Gasteiger partial charge in [-0.1, -0.05) is 43.9 Å². The molecule has 24 heavy (non-hydrogen) atoms. The van der Waals surface area contributed by atoms with E-state index in [0.29, 0.717) is 0 Å². The van der Waals surface area contributed by atoms with Gasteiger partial charge in [-0.15, -0.1) is 0 Å². The van der Waals surface area contributed by atoms with Gasteiger partial charge in [0.25, 0.3) is 0 Å². The van der Waals surface area contributed by atoms with Gasteiger partial charge in [0.05, 0.1) is 17.3 Å². The normalized spacial score (nSPS) is 25.8. The number of hydrogen-bond donors (Lipinski definition) is 1. The minimum absolute atomic E-state index is 0.183. The minimum atomic E-state index is -0.267. The van der Waals surface area contributed by atoms with Crippen molar-refractivity contribution < 1.29 is 14.4 Å². The molecule has 0 radical (unpaired) electrons. The first kappa shape index (κ1) is 19.7. The molecule has 0 amide bonds. The summed E-state index contributed by atoms with van der Waals surface area (Å²) >= 11 is 0. The maximum Gasteiger partial charge on any atom is 0.490 e. The molecule has 0 spiro atoms. The van der Waals surface area contributed by atoms with E-state index in [4.69, 9.17) is 9.31 Å². The third-order valence-corrected chi connectivity index (χ3v) is 5.74. The van der Waals surface area contributed by atoms with Crippen molar-refractivity contribution in [2.45, 2.75) is 103 Å². The highest BCUT2D eigenvalue weighted by molar-refractivity contribution is 6.54. The van der Waals surface area contributed by atoms with E-state index in [-0.39, 0.29) is 24.4 Å². The van der Waals surface area contributed by atoms with Crippen LogP contribution >= 0.6 is 0 Å². The minimum Gasteiger partial charge on any atom is -0.400 e. The van der Waals surface area contributed by atoms with E-state index < -0.39 is 0 Å². The SMILES string of the molecule is CCCCCC(O)C/C=C1\CC=C(B2OC(C)(C)C(C)(C)O2)CC1. The van der Waals surface area contributed by atoms with Gasteiger partial charge in [0.15, 0.2) is 0 Å². The molecule has 0 bridgehead atoms. The molecule has 1 aliphatic heterocycles. The lowest BCUT2D eigenvalue weighted by Gasteiger charge is -2.32. The number of aliphatic hydroxyl groups is 1. The van der Waals surface area contributed by atoms with Crippen LogP contribution in [0.3, 0.4) is 0 Å². The van der Waals surface area contributed by atoms with Gasteiger partial charge < -0.3 is 14.4 Å². The van der Waals surface area contributed by atoms with Crippen LogP contribution < -0.4 is 0 Å². The van der Waals surface area contributed by atoms with Gasteiger partial charge in [-0.2, -0.15) is 0 Å². The number of aliphatic hydroxyl groups excluding tert-OH is 1. The van der Waals surface area contributed by atoms with Crippen molar-refractivity contribution in [1.82, 2.24) is 0 Å². The Morgan fingerprint density at radius 1 is 1.17 bits per heavy atom. The number of allylic oxidation sites excluding steroid dienone is 3. The molecule has 0 aromatic rings. The Hall–Kier alpha value is -0.575. The second-order valence-electron chi connectivity index (χ2n) is 8.32. The standard InChI is InChI=1S/C20H35BO3/c1-6-7-8-9-18(22)15-12-16-10-13-17(14-11-16)21-23-19(2,3)20(4,5)24-21/h12-13,18,22H,6-11,14-15H2,1-5H3/b16-12+. The molecule has 1 atom stereocenters. The molecule has 1 fully saturated rings. The summed E-state index contributed by atoms with van der Waals surface area (Å²) in [6.45, 7) is 10.6. The van der Waals surface area contributed by atoms with Crippen molar-refractivity contribution in [2.75, 3.05) is 0 Å². The van der Waals surface area contributed by atoms with Crippen LogP contribution in [-0.4, -0.2) is 29.5 Å². The van der Waals surface area contributed by atoms with Gasteiger partial charge in [-0.25, -0.2) is 0 Å². The Kier molecular flexibility index (Phi) is 6.75. The summed E-state index contributed by atoms with van der Waals surface area (Å²) in [5.74, 6) is 0. The van der Waals surface area contributed by atoms with E-state index in [0.717, 1.165) is 38.5 Å². The zero-order valence-corrected chi connectivity index (χ0v) is 16.2. The molecule has 0 aromatic carbocycles. The van der Waals surface area contributed by atoms with Crippen LogP contribution in [0.5, 0.6) is 0 Å². The Morgan fingerprint density at radius 2 is 1.83 bits per heavy atom. The van der Waals surface area contributed by atoms with Gasteiger partial charge in [-0.05, 0) is 65.3 Å². The zero-order chi connectivity index (χ0) is 17.8. The summed E-state index contributed by atoms with van der Waals surface area (Å²) < 4.78 is 12.3. The molecule has 2 aliphatic rings. The molecule has 3 nitrogen and oxygen atoms in total. The molecule has 136 valence electrons. The number of rotatable bonds is 7. The molecule has 4 heteroatoms. The number of hydrogen-bond acceptors (Lipinski definition) is 3. The molecule has 1 N–H and O–H groups in total. The highest BCUT2D eigenvalue weighted by Crippen LogP contribution is 2.40. The van der Waals surface area contributed by atoms with E-state index in [1.165, 1.54) is 23.9 Å². The fourth-order valence-corrected chi connectivity index (χ4v) is 3.22. The van der Waals surface area contributed by atoms with Crippen LogP contribution in [-0.2, 0) is 9.31 Å². The third kappa shape index (κ3) is 4.97. The quantitative estimate of drug-likeness (QED) is 0.405. The van der Waals surface area contributed by atoms with E-state index >= 15 is 0 Å². The summed E-state index contributed by atoms with van der Waals surface area (Å²) in [5.41, 5.74) is 2.17. The second kappa shape index (κ2) is 8.20. The van der Waals surface area contributed by atoms with Gasteiger partial charge in [0.1, 0.15) is 0 Å². The van der Waals surface area contributed by atoms with Crippen molar-refractivity contribution in [3.05, 3.63) is 23.2 Å². The molecular formula is C20H35BO3. The molecule has 2 rings (SSSR count).